The van der Waals surface area contributed by atoms with Gasteiger partial charge in [-0.15, -0.1) is 0 Å². The first-order valence-corrected chi connectivity index (χ1v) is 10.4. The van der Waals surface area contributed by atoms with Crippen LogP contribution in [0.1, 0.15) is 0 Å². The molecular formula is C20H12Co2MgO6P+. The van der Waals surface area contributed by atoms with Crippen LogP contribution < -0.4 is 0 Å². The second kappa shape index (κ2) is 12.9. The third kappa shape index (κ3) is 5.16. The maximum absolute atomic E-state index is 11.7. The molecule has 4 radical (unpaired) electrons. The first-order valence-electron chi connectivity index (χ1n) is 7.62. The molecule has 10 heteroatoms. The molecule has 0 aromatic rings. The van der Waals surface area contributed by atoms with Crippen LogP contribution in [-0.4, -0.2) is 83.3 Å². The van der Waals surface area contributed by atoms with Crippen LogP contribution in [0.4, 0.5) is 0 Å². The summed E-state index contributed by atoms with van der Waals surface area (Å²) in [4.78, 5) is 68.8. The van der Waals surface area contributed by atoms with E-state index in [4.69, 9.17) is 0 Å². The largest absolute Gasteiger partial charge is 0.233 e. The summed E-state index contributed by atoms with van der Waals surface area (Å²) in [5.74, 6) is 9.39. The van der Waals surface area contributed by atoms with E-state index in [2.05, 4.69) is 0 Å². The SMILES string of the molecule is C[P+](C)(C1C=CC=CC1=C=O)C1C(=C=O)C(=C=O)C(=C=O)C(=C=O)C1=C=O.[Co].[Co].[Mg]. The van der Waals surface area contributed by atoms with Crippen LogP contribution in [-0.2, 0) is 62.3 Å². The molecular weight excluding hydrogens is 509 g/mol. The molecule has 0 bridgehead atoms. The molecule has 2 aliphatic rings. The third-order valence-corrected chi connectivity index (χ3v) is 8.34. The summed E-state index contributed by atoms with van der Waals surface area (Å²) in [5.41, 5.74) is -3.36. The zero-order valence-corrected chi connectivity index (χ0v) is 20.1. The van der Waals surface area contributed by atoms with E-state index >= 15 is 0 Å². The molecule has 0 N–H and O–H groups in total. The fraction of sp³-hybridized carbons (Fsp3) is 0.200. The normalized spacial score (nSPS) is 19.5. The van der Waals surface area contributed by atoms with Crippen molar-refractivity contribution in [3.05, 3.63) is 57.7 Å². The molecule has 1 saturated carbocycles. The average molecular weight is 521 g/mol. The summed E-state index contributed by atoms with van der Waals surface area (Å²) < 4.78 is 0. The molecule has 1 unspecified atom stereocenters. The predicted molar refractivity (Wildman–Crippen MR) is 106 cm³/mol. The zero-order chi connectivity index (χ0) is 20.2. The van der Waals surface area contributed by atoms with E-state index in [1.807, 2.05) is 5.94 Å². The summed E-state index contributed by atoms with van der Waals surface area (Å²) in [5, 5.41) is 0. The summed E-state index contributed by atoms with van der Waals surface area (Å²) >= 11 is 0. The van der Waals surface area contributed by atoms with Gasteiger partial charge < -0.3 is 0 Å². The van der Waals surface area contributed by atoms with Crippen LogP contribution in [0.15, 0.2) is 57.7 Å². The maximum atomic E-state index is 11.7. The Hall–Kier alpha value is -1.61. The van der Waals surface area contributed by atoms with Crippen molar-refractivity contribution in [2.24, 2.45) is 0 Å². The van der Waals surface area contributed by atoms with Gasteiger partial charge >= 0.3 is 0 Å². The van der Waals surface area contributed by atoms with Gasteiger partial charge in [-0.25, -0.2) is 28.8 Å². The van der Waals surface area contributed by atoms with Crippen molar-refractivity contribution in [3.8, 4) is 0 Å². The monoisotopic (exact) mass is 521 g/mol. The van der Waals surface area contributed by atoms with E-state index in [0.717, 1.165) is 0 Å². The van der Waals surface area contributed by atoms with Gasteiger partial charge in [-0.1, -0.05) is 12.2 Å². The number of rotatable bonds is 2. The Morgan fingerprint density at radius 3 is 1.53 bits per heavy atom. The Labute approximate surface area is 209 Å². The second-order valence-corrected chi connectivity index (χ2v) is 10.6. The number of hydrogen-bond acceptors (Lipinski definition) is 6. The zero-order valence-electron chi connectivity index (χ0n) is 15.7. The second-order valence-electron chi connectivity index (χ2n) is 6.24. The van der Waals surface area contributed by atoms with Crippen molar-refractivity contribution in [2.75, 3.05) is 13.3 Å². The molecule has 0 spiro atoms. The van der Waals surface area contributed by atoms with Gasteiger partial charge in [-0.2, -0.15) is 0 Å². The van der Waals surface area contributed by atoms with Crippen molar-refractivity contribution >= 4 is 66.0 Å². The first-order chi connectivity index (χ1) is 12.9. The number of carbonyl (C=O) groups excluding carboxylic acids is 6. The molecule has 0 saturated heterocycles. The topological polar surface area (TPSA) is 102 Å². The van der Waals surface area contributed by atoms with Gasteiger partial charge in [0.1, 0.15) is 58.1 Å². The molecule has 0 aromatic heterocycles. The van der Waals surface area contributed by atoms with E-state index in [1.54, 1.807) is 49.5 Å². The molecule has 1 fully saturated rings. The first kappa shape index (κ1) is 30.6. The van der Waals surface area contributed by atoms with Gasteiger partial charge in [0.15, 0.2) is 0 Å². The molecule has 0 amide bonds. The molecule has 2 aliphatic carbocycles. The standard InChI is InChI=1S/C20H12O6P.2Co.Mg/c1-27(2,19-6-4-3-5-13(19)7-21)20-17(11-25)15(9-23)14(8-22)16(10-24)18(20)12-26;;;/h3-6,19-20H,1-2H3;;;/q+1;;;. The molecule has 0 heterocycles. The van der Waals surface area contributed by atoms with Crippen LogP contribution in [0, 0.1) is 0 Å². The van der Waals surface area contributed by atoms with Gasteiger partial charge in [0.25, 0.3) is 0 Å². The number of allylic oxidation sites excluding steroid dienone is 10. The fourth-order valence-corrected chi connectivity index (χ4v) is 6.79. The summed E-state index contributed by atoms with van der Waals surface area (Å²) in [6, 6.07) is 0. The molecule has 1 atom stereocenters. The maximum Gasteiger partial charge on any atom is 0.143 e. The Bertz CT molecular complexity index is 1050. The van der Waals surface area contributed by atoms with Gasteiger partial charge in [0.2, 0.25) is 0 Å². The van der Waals surface area contributed by atoms with Crippen molar-refractivity contribution in [3.63, 3.8) is 0 Å². The van der Waals surface area contributed by atoms with Crippen LogP contribution in [0.5, 0.6) is 0 Å². The molecule has 0 aromatic carbocycles. The van der Waals surface area contributed by atoms with Gasteiger partial charge in [-0.05, 0) is 12.2 Å². The quantitative estimate of drug-likeness (QED) is 0.295. The van der Waals surface area contributed by atoms with Crippen molar-refractivity contribution in [2.45, 2.75) is 11.3 Å². The Kier molecular flexibility index (Phi) is 13.2. The molecule has 0 aliphatic heterocycles. The van der Waals surface area contributed by atoms with Gasteiger partial charge in [0, 0.05) is 63.9 Å². The summed E-state index contributed by atoms with van der Waals surface area (Å²) in [6.07, 6.45) is 6.62. The molecule has 30 heavy (non-hydrogen) atoms. The Morgan fingerprint density at radius 2 is 1.17 bits per heavy atom. The van der Waals surface area contributed by atoms with E-state index in [1.165, 1.54) is 17.8 Å². The fourth-order valence-electron chi connectivity index (χ4n) is 3.37. The number of hydrogen-bond donors (Lipinski definition) is 0. The van der Waals surface area contributed by atoms with Crippen LogP contribution in [0.3, 0.4) is 0 Å². The van der Waals surface area contributed by atoms with Crippen LogP contribution in [0.2, 0.25) is 0 Å². The van der Waals surface area contributed by atoms with E-state index in [9.17, 15) is 28.8 Å². The Balaban J connectivity index is 0. The van der Waals surface area contributed by atoms with Crippen LogP contribution >= 0.6 is 7.26 Å². The van der Waals surface area contributed by atoms with Crippen molar-refractivity contribution < 1.29 is 62.3 Å². The predicted octanol–water partition coefficient (Wildman–Crippen LogP) is 0.303. The van der Waals surface area contributed by atoms with Crippen molar-refractivity contribution in [1.29, 1.82) is 0 Å². The van der Waals surface area contributed by atoms with E-state index in [-0.39, 0.29) is 67.8 Å². The minimum Gasteiger partial charge on any atom is -0.233 e. The smallest absolute Gasteiger partial charge is 0.143 e. The minimum atomic E-state index is -2.53. The molecule has 2 rings (SSSR count). The van der Waals surface area contributed by atoms with Crippen molar-refractivity contribution in [1.82, 2.24) is 0 Å². The average Bonchev–Trinajstić information content (AvgIpc) is 2.70. The van der Waals surface area contributed by atoms with E-state index < -0.39 is 35.3 Å². The minimum absolute atomic E-state index is 0. The van der Waals surface area contributed by atoms with Crippen LogP contribution in [0.25, 0.3) is 0 Å². The summed E-state index contributed by atoms with van der Waals surface area (Å²) in [6.45, 7) is 3.50. The molecule has 6 nitrogen and oxygen atoms in total. The van der Waals surface area contributed by atoms with Gasteiger partial charge in [-0.3, -0.25) is 0 Å². The third-order valence-electron chi connectivity index (χ3n) is 4.61. The summed E-state index contributed by atoms with van der Waals surface area (Å²) in [7, 11) is -2.53. The molecule has 152 valence electrons. The van der Waals surface area contributed by atoms with E-state index in [0.29, 0.717) is 5.57 Å². The Morgan fingerprint density at radius 1 is 0.700 bits per heavy atom. The van der Waals surface area contributed by atoms with Gasteiger partial charge in [0.05, 0.1) is 35.6 Å².